The Labute approximate surface area is 125 Å². The molecular weight excluding hydrogens is 270 g/mol. The van der Waals surface area contributed by atoms with E-state index in [-0.39, 0.29) is 18.7 Å². The molecule has 1 rings (SSSR count). The van der Waals surface area contributed by atoms with Gasteiger partial charge < -0.3 is 15.1 Å². The van der Waals surface area contributed by atoms with Crippen molar-refractivity contribution in [1.82, 2.24) is 4.90 Å². The third-order valence-electron chi connectivity index (χ3n) is 3.62. The Bertz CT molecular complexity index is 457. The third-order valence-corrected chi connectivity index (χ3v) is 3.62. The van der Waals surface area contributed by atoms with Gasteiger partial charge in [-0.2, -0.15) is 0 Å². The molecular formula is C16H23NO4. The number of hydrogen-bond acceptors (Lipinski definition) is 3. The van der Waals surface area contributed by atoms with Crippen molar-refractivity contribution in [3.63, 3.8) is 0 Å². The van der Waals surface area contributed by atoms with Crippen LogP contribution in [0.2, 0.25) is 0 Å². The van der Waals surface area contributed by atoms with Gasteiger partial charge in [0.2, 0.25) is 5.91 Å². The van der Waals surface area contributed by atoms with Crippen LogP contribution in [-0.4, -0.2) is 40.1 Å². The van der Waals surface area contributed by atoms with Crippen LogP contribution in [0, 0.1) is 5.92 Å². The van der Waals surface area contributed by atoms with Gasteiger partial charge in [-0.15, -0.1) is 0 Å². The second-order valence-corrected chi connectivity index (χ2v) is 4.90. The van der Waals surface area contributed by atoms with Crippen molar-refractivity contribution in [2.75, 3.05) is 13.1 Å². The van der Waals surface area contributed by atoms with Crippen LogP contribution in [0.25, 0.3) is 0 Å². The standard InChI is InChI=1S/C16H23NO4/c1-3-17(4-2)14(18)11-10-13(16(20)21)15(19)12-8-6-5-7-9-12/h5-9,13,15,19H,3-4,10-11H2,1-2H3,(H,20,21)/t13-,15+/m1/s1. The normalized spacial score (nSPS) is 13.5. The molecule has 5 heteroatoms. The molecule has 0 aliphatic carbocycles. The molecule has 0 bridgehead atoms. The Morgan fingerprint density at radius 3 is 2.19 bits per heavy atom. The molecule has 116 valence electrons. The van der Waals surface area contributed by atoms with E-state index in [1.54, 1.807) is 35.2 Å². The van der Waals surface area contributed by atoms with Crippen LogP contribution >= 0.6 is 0 Å². The van der Waals surface area contributed by atoms with Crippen molar-refractivity contribution in [2.24, 2.45) is 5.92 Å². The molecule has 1 amide bonds. The predicted octanol–water partition coefficient (Wildman–Crippen LogP) is 2.07. The number of rotatable bonds is 8. The van der Waals surface area contributed by atoms with Crippen LogP contribution in [0.1, 0.15) is 38.4 Å². The zero-order chi connectivity index (χ0) is 15.8. The van der Waals surface area contributed by atoms with E-state index in [9.17, 15) is 19.8 Å². The number of aliphatic hydroxyl groups is 1. The quantitative estimate of drug-likeness (QED) is 0.769. The van der Waals surface area contributed by atoms with Crippen molar-refractivity contribution in [3.05, 3.63) is 35.9 Å². The van der Waals surface area contributed by atoms with Gasteiger partial charge >= 0.3 is 5.97 Å². The van der Waals surface area contributed by atoms with E-state index < -0.39 is 18.0 Å². The van der Waals surface area contributed by atoms with Gasteiger partial charge in [-0.25, -0.2) is 0 Å². The number of carboxylic acid groups (broad SMARTS) is 1. The zero-order valence-electron chi connectivity index (χ0n) is 12.5. The van der Waals surface area contributed by atoms with E-state index in [0.29, 0.717) is 18.7 Å². The van der Waals surface area contributed by atoms with E-state index in [4.69, 9.17) is 0 Å². The number of aliphatic hydroxyl groups excluding tert-OH is 1. The van der Waals surface area contributed by atoms with Crippen LogP contribution in [0.4, 0.5) is 0 Å². The molecule has 0 saturated heterocycles. The molecule has 0 aliphatic heterocycles. The lowest BCUT2D eigenvalue weighted by atomic mass is 9.91. The molecule has 2 N–H and O–H groups in total. The lowest BCUT2D eigenvalue weighted by molar-refractivity contribution is -0.146. The highest BCUT2D eigenvalue weighted by Gasteiger charge is 2.28. The molecule has 0 fully saturated rings. The lowest BCUT2D eigenvalue weighted by Crippen LogP contribution is -2.32. The van der Waals surface area contributed by atoms with Crippen molar-refractivity contribution >= 4 is 11.9 Å². The fourth-order valence-electron chi connectivity index (χ4n) is 2.31. The fraction of sp³-hybridized carbons (Fsp3) is 0.500. The number of aliphatic carboxylic acids is 1. The average Bonchev–Trinajstić information content (AvgIpc) is 2.49. The Morgan fingerprint density at radius 2 is 1.71 bits per heavy atom. The number of benzene rings is 1. The fourth-order valence-corrected chi connectivity index (χ4v) is 2.31. The van der Waals surface area contributed by atoms with Gasteiger partial charge in [-0.3, -0.25) is 9.59 Å². The van der Waals surface area contributed by atoms with E-state index >= 15 is 0 Å². The largest absolute Gasteiger partial charge is 0.481 e. The summed E-state index contributed by atoms with van der Waals surface area (Å²) < 4.78 is 0. The van der Waals surface area contributed by atoms with E-state index in [0.717, 1.165) is 0 Å². The van der Waals surface area contributed by atoms with Crippen LogP contribution in [-0.2, 0) is 9.59 Å². The number of carbonyl (C=O) groups is 2. The SMILES string of the molecule is CCN(CC)C(=O)CC[C@@H](C(=O)O)[C@@H](O)c1ccccc1. The smallest absolute Gasteiger partial charge is 0.309 e. The highest BCUT2D eigenvalue weighted by atomic mass is 16.4. The number of nitrogens with zero attached hydrogens (tertiary/aromatic N) is 1. The highest BCUT2D eigenvalue weighted by Crippen LogP contribution is 2.26. The summed E-state index contributed by atoms with van der Waals surface area (Å²) in [5.41, 5.74) is 0.556. The van der Waals surface area contributed by atoms with Crippen LogP contribution in [0.5, 0.6) is 0 Å². The first kappa shape index (κ1) is 17.2. The highest BCUT2D eigenvalue weighted by molar-refractivity contribution is 5.77. The van der Waals surface area contributed by atoms with E-state index in [1.807, 2.05) is 13.8 Å². The molecule has 1 aromatic rings. The number of carboxylic acids is 1. The Kier molecular flexibility index (Phi) is 6.88. The Hall–Kier alpha value is -1.88. The van der Waals surface area contributed by atoms with E-state index in [2.05, 4.69) is 0 Å². The predicted molar refractivity (Wildman–Crippen MR) is 79.7 cm³/mol. The molecule has 0 saturated carbocycles. The summed E-state index contributed by atoms with van der Waals surface area (Å²) in [5, 5.41) is 19.5. The van der Waals surface area contributed by atoms with Gasteiger partial charge in [0.25, 0.3) is 0 Å². The molecule has 21 heavy (non-hydrogen) atoms. The summed E-state index contributed by atoms with van der Waals surface area (Å²) in [5.74, 6) is -2.14. The van der Waals surface area contributed by atoms with E-state index in [1.165, 1.54) is 0 Å². The van der Waals surface area contributed by atoms with Crippen molar-refractivity contribution in [2.45, 2.75) is 32.8 Å². The molecule has 5 nitrogen and oxygen atoms in total. The minimum absolute atomic E-state index is 0.0773. The molecule has 0 aromatic heterocycles. The molecule has 0 spiro atoms. The second kappa shape index (κ2) is 8.42. The first-order valence-electron chi connectivity index (χ1n) is 7.24. The molecule has 0 radical (unpaired) electrons. The minimum atomic E-state index is -1.10. The van der Waals surface area contributed by atoms with Gasteiger partial charge in [-0.1, -0.05) is 30.3 Å². The first-order chi connectivity index (χ1) is 10.0. The summed E-state index contributed by atoms with van der Waals surface area (Å²) in [4.78, 5) is 25.0. The number of amides is 1. The number of hydrogen-bond donors (Lipinski definition) is 2. The molecule has 2 atom stereocenters. The summed E-state index contributed by atoms with van der Waals surface area (Å²) in [6.07, 6.45) is -0.850. The lowest BCUT2D eigenvalue weighted by Gasteiger charge is -2.22. The summed E-state index contributed by atoms with van der Waals surface area (Å²) in [7, 11) is 0. The van der Waals surface area contributed by atoms with Crippen LogP contribution in [0.15, 0.2) is 30.3 Å². The topological polar surface area (TPSA) is 77.8 Å². The summed E-state index contributed by atoms with van der Waals surface area (Å²) in [6.45, 7) is 4.98. The molecule has 0 aliphatic rings. The van der Waals surface area contributed by atoms with Gasteiger partial charge in [-0.05, 0) is 25.8 Å². The van der Waals surface area contributed by atoms with Gasteiger partial charge in [0, 0.05) is 19.5 Å². The zero-order valence-corrected chi connectivity index (χ0v) is 12.5. The van der Waals surface area contributed by atoms with Gasteiger partial charge in [0.05, 0.1) is 12.0 Å². The summed E-state index contributed by atoms with van der Waals surface area (Å²) >= 11 is 0. The van der Waals surface area contributed by atoms with Crippen LogP contribution < -0.4 is 0 Å². The van der Waals surface area contributed by atoms with Crippen molar-refractivity contribution in [1.29, 1.82) is 0 Å². The van der Waals surface area contributed by atoms with Crippen LogP contribution in [0.3, 0.4) is 0 Å². The maximum Gasteiger partial charge on any atom is 0.309 e. The third kappa shape index (κ3) is 4.86. The van der Waals surface area contributed by atoms with Crippen molar-refractivity contribution < 1.29 is 19.8 Å². The first-order valence-corrected chi connectivity index (χ1v) is 7.24. The summed E-state index contributed by atoms with van der Waals surface area (Å²) in [6, 6.07) is 8.67. The average molecular weight is 293 g/mol. The molecule has 0 heterocycles. The van der Waals surface area contributed by atoms with Crippen molar-refractivity contribution in [3.8, 4) is 0 Å². The Morgan fingerprint density at radius 1 is 1.14 bits per heavy atom. The number of carbonyl (C=O) groups excluding carboxylic acids is 1. The second-order valence-electron chi connectivity index (χ2n) is 4.90. The monoisotopic (exact) mass is 293 g/mol. The maximum absolute atomic E-state index is 11.9. The van der Waals surface area contributed by atoms with Gasteiger partial charge in [0.15, 0.2) is 0 Å². The van der Waals surface area contributed by atoms with Gasteiger partial charge in [0.1, 0.15) is 0 Å². The Balaban J connectivity index is 2.71. The minimum Gasteiger partial charge on any atom is -0.481 e. The molecule has 1 aromatic carbocycles. The maximum atomic E-state index is 11.9. The molecule has 0 unspecified atom stereocenters.